The molecule has 1 saturated heterocycles. The Morgan fingerprint density at radius 1 is 1.00 bits per heavy atom. The van der Waals surface area contributed by atoms with Crippen LogP contribution in [0, 0.1) is 0 Å². The van der Waals surface area contributed by atoms with Crippen molar-refractivity contribution < 1.29 is 8.42 Å². The highest BCUT2D eigenvalue weighted by Crippen LogP contribution is 2.38. The topological polar surface area (TPSA) is 70.6 Å². The number of sulfone groups is 1. The molecule has 0 unspecified atom stereocenters. The number of amidine groups is 1. The van der Waals surface area contributed by atoms with E-state index < -0.39 is 15.4 Å². The van der Waals surface area contributed by atoms with E-state index in [4.69, 9.17) is 4.99 Å². The van der Waals surface area contributed by atoms with Gasteiger partial charge in [-0.25, -0.2) is 13.4 Å². The van der Waals surface area contributed by atoms with Crippen LogP contribution in [0.2, 0.25) is 0 Å². The normalized spacial score (nSPS) is 20.2. The Balaban J connectivity index is 1.65. The molecule has 0 aromatic heterocycles. The van der Waals surface area contributed by atoms with Gasteiger partial charge in [0.1, 0.15) is 5.84 Å². The van der Waals surface area contributed by atoms with E-state index >= 15 is 0 Å². The van der Waals surface area contributed by atoms with Gasteiger partial charge in [-0.2, -0.15) is 0 Å². The van der Waals surface area contributed by atoms with Crippen molar-refractivity contribution in [3.8, 4) is 0 Å². The maximum Gasteiger partial charge on any atom is 0.150 e. The largest absolute Gasteiger partial charge is 0.371 e. The van der Waals surface area contributed by atoms with Crippen LogP contribution < -0.4 is 10.6 Å². The number of fused-ring (bicyclic) bond motifs is 1. The molecular formula is C19H21N3O2S. The summed E-state index contributed by atoms with van der Waals surface area (Å²) in [5, 5.41) is 7.04. The third kappa shape index (κ3) is 3.26. The maximum atomic E-state index is 11.9. The average Bonchev–Trinajstić information content (AvgIpc) is 2.63. The molecule has 0 saturated carbocycles. The molecule has 0 amide bonds. The summed E-state index contributed by atoms with van der Waals surface area (Å²) in [5.74, 6) is 1.22. The van der Waals surface area contributed by atoms with Gasteiger partial charge in [0.25, 0.3) is 0 Å². The molecule has 0 radical (unpaired) electrons. The van der Waals surface area contributed by atoms with E-state index in [1.807, 2.05) is 42.5 Å². The number of hydrogen-bond acceptors (Lipinski definition) is 5. The van der Waals surface area contributed by atoms with Crippen molar-refractivity contribution in [2.24, 2.45) is 4.99 Å². The standard InChI is InChI=1S/C19H21N3O2S/c23-25(24)12-10-19(11-13-25)18(20-14-15-6-2-1-3-7-15)21-16-8-4-5-9-17(16)22-19/h1-9,22H,10-14H2,(H,20,21). The van der Waals surface area contributed by atoms with E-state index in [0.717, 1.165) is 17.2 Å². The van der Waals surface area contributed by atoms with Gasteiger partial charge in [0.15, 0.2) is 9.84 Å². The Labute approximate surface area is 148 Å². The number of rotatable bonds is 2. The number of benzene rings is 2. The predicted molar refractivity (Wildman–Crippen MR) is 101 cm³/mol. The van der Waals surface area contributed by atoms with Crippen molar-refractivity contribution in [2.75, 3.05) is 16.8 Å². The Kier molecular flexibility index (Phi) is 4.00. The van der Waals surface area contributed by atoms with Gasteiger partial charge >= 0.3 is 0 Å². The molecular weight excluding hydrogens is 334 g/mol. The van der Waals surface area contributed by atoms with Gasteiger partial charge in [-0.05, 0) is 30.5 Å². The summed E-state index contributed by atoms with van der Waals surface area (Å²) >= 11 is 0. The van der Waals surface area contributed by atoms with Crippen LogP contribution in [0.5, 0.6) is 0 Å². The smallest absolute Gasteiger partial charge is 0.150 e. The number of nitrogens with one attached hydrogen (secondary N) is 2. The fourth-order valence-electron chi connectivity index (χ4n) is 3.46. The van der Waals surface area contributed by atoms with Gasteiger partial charge in [0, 0.05) is 6.54 Å². The van der Waals surface area contributed by atoms with Crippen LogP contribution in [0.1, 0.15) is 18.4 Å². The molecule has 6 heteroatoms. The lowest BCUT2D eigenvalue weighted by atomic mass is 9.88. The minimum atomic E-state index is -2.95. The van der Waals surface area contributed by atoms with Crippen LogP contribution in [0.4, 0.5) is 11.4 Å². The molecule has 130 valence electrons. The Bertz CT molecular complexity index is 893. The van der Waals surface area contributed by atoms with E-state index in [9.17, 15) is 8.42 Å². The zero-order valence-electron chi connectivity index (χ0n) is 13.9. The Hall–Kier alpha value is -2.34. The zero-order valence-corrected chi connectivity index (χ0v) is 14.7. The minimum absolute atomic E-state index is 0.189. The molecule has 2 aliphatic heterocycles. The second kappa shape index (κ2) is 6.19. The molecule has 0 atom stereocenters. The zero-order chi connectivity index (χ0) is 17.3. The lowest BCUT2D eigenvalue weighted by Gasteiger charge is -2.42. The fourth-order valence-corrected chi connectivity index (χ4v) is 4.98. The lowest BCUT2D eigenvalue weighted by molar-refractivity contribution is 0.505. The Morgan fingerprint density at radius 3 is 2.44 bits per heavy atom. The van der Waals surface area contributed by atoms with Crippen LogP contribution >= 0.6 is 0 Å². The summed E-state index contributed by atoms with van der Waals surface area (Å²) in [4.78, 5) is 4.83. The second-order valence-corrected chi connectivity index (χ2v) is 8.98. The first-order chi connectivity index (χ1) is 12.1. The molecule has 0 aliphatic carbocycles. The van der Waals surface area contributed by atoms with Gasteiger partial charge in [-0.1, -0.05) is 42.5 Å². The maximum absolute atomic E-state index is 11.9. The predicted octanol–water partition coefficient (Wildman–Crippen LogP) is 2.88. The second-order valence-electron chi connectivity index (χ2n) is 6.68. The highest BCUT2D eigenvalue weighted by molar-refractivity contribution is 7.91. The van der Waals surface area contributed by atoms with Crippen LogP contribution in [-0.4, -0.2) is 31.3 Å². The summed E-state index contributed by atoms with van der Waals surface area (Å²) < 4.78 is 23.8. The fraction of sp³-hybridized carbons (Fsp3) is 0.316. The number of anilines is 1. The summed E-state index contributed by atoms with van der Waals surface area (Å²) in [6.45, 7) is 0.665. The van der Waals surface area contributed by atoms with Crippen molar-refractivity contribution in [3.05, 3.63) is 60.2 Å². The molecule has 2 aromatic carbocycles. The summed E-state index contributed by atoms with van der Waals surface area (Å²) in [7, 11) is -2.95. The minimum Gasteiger partial charge on any atom is -0.371 e. The number of aliphatic imine (C=N–C) groups is 1. The SMILES string of the molecule is O=S1(=O)CCC2(CC1)Nc1ccccc1N=C2NCc1ccccc1. The molecule has 4 rings (SSSR count). The summed E-state index contributed by atoms with van der Waals surface area (Å²) in [5.41, 5.74) is 2.58. The molecule has 2 aromatic rings. The lowest BCUT2D eigenvalue weighted by Crippen LogP contribution is -2.57. The van der Waals surface area contributed by atoms with E-state index in [-0.39, 0.29) is 11.5 Å². The molecule has 1 spiro atoms. The first-order valence-electron chi connectivity index (χ1n) is 8.51. The molecule has 2 aliphatic rings. The van der Waals surface area contributed by atoms with Gasteiger partial charge in [-0.15, -0.1) is 0 Å². The van der Waals surface area contributed by atoms with E-state index in [1.54, 1.807) is 0 Å². The number of nitrogens with zero attached hydrogens (tertiary/aromatic N) is 1. The third-order valence-electron chi connectivity index (χ3n) is 4.95. The van der Waals surface area contributed by atoms with Crippen LogP contribution in [0.3, 0.4) is 0 Å². The van der Waals surface area contributed by atoms with Crippen molar-refractivity contribution in [2.45, 2.75) is 24.9 Å². The molecule has 2 heterocycles. The van der Waals surface area contributed by atoms with E-state index in [0.29, 0.717) is 19.4 Å². The highest BCUT2D eigenvalue weighted by atomic mass is 32.2. The number of hydrogen-bond donors (Lipinski definition) is 2. The van der Waals surface area contributed by atoms with Crippen LogP contribution in [0.15, 0.2) is 59.6 Å². The first-order valence-corrected chi connectivity index (χ1v) is 10.3. The van der Waals surface area contributed by atoms with Gasteiger partial charge in [0.05, 0.1) is 28.4 Å². The van der Waals surface area contributed by atoms with Crippen molar-refractivity contribution in [3.63, 3.8) is 0 Å². The molecule has 5 nitrogen and oxygen atoms in total. The molecule has 1 fully saturated rings. The van der Waals surface area contributed by atoms with E-state index in [1.165, 1.54) is 5.56 Å². The van der Waals surface area contributed by atoms with Gasteiger partial charge < -0.3 is 10.6 Å². The molecule has 2 N–H and O–H groups in total. The first kappa shape index (κ1) is 16.1. The van der Waals surface area contributed by atoms with Crippen molar-refractivity contribution >= 4 is 27.0 Å². The summed E-state index contributed by atoms with van der Waals surface area (Å²) in [6, 6.07) is 18.0. The average molecular weight is 355 g/mol. The quantitative estimate of drug-likeness (QED) is 0.869. The van der Waals surface area contributed by atoms with Crippen LogP contribution in [-0.2, 0) is 16.4 Å². The van der Waals surface area contributed by atoms with Gasteiger partial charge in [0.2, 0.25) is 0 Å². The third-order valence-corrected chi connectivity index (χ3v) is 6.60. The van der Waals surface area contributed by atoms with Gasteiger partial charge in [-0.3, -0.25) is 0 Å². The van der Waals surface area contributed by atoms with E-state index in [2.05, 4.69) is 22.8 Å². The highest BCUT2D eigenvalue weighted by Gasteiger charge is 2.43. The molecule has 25 heavy (non-hydrogen) atoms. The number of para-hydroxylation sites is 2. The summed E-state index contributed by atoms with van der Waals surface area (Å²) in [6.07, 6.45) is 1.06. The van der Waals surface area contributed by atoms with Crippen molar-refractivity contribution in [1.29, 1.82) is 0 Å². The van der Waals surface area contributed by atoms with Crippen molar-refractivity contribution in [1.82, 2.24) is 5.32 Å². The van der Waals surface area contributed by atoms with Crippen LogP contribution in [0.25, 0.3) is 0 Å². The monoisotopic (exact) mass is 355 g/mol. The Morgan fingerprint density at radius 2 is 1.68 bits per heavy atom. The molecule has 0 bridgehead atoms.